The van der Waals surface area contributed by atoms with Crippen LogP contribution >= 0.6 is 0 Å². The Morgan fingerprint density at radius 2 is 2.31 bits per heavy atom. The molecule has 0 aromatic carbocycles. The van der Waals surface area contributed by atoms with E-state index in [9.17, 15) is 0 Å². The van der Waals surface area contributed by atoms with Crippen LogP contribution < -0.4 is 10.2 Å². The summed E-state index contributed by atoms with van der Waals surface area (Å²) in [6.45, 7) is 8.37. The van der Waals surface area contributed by atoms with Gasteiger partial charge in [-0.05, 0) is 31.0 Å². The van der Waals surface area contributed by atoms with Crippen LogP contribution in [-0.4, -0.2) is 29.8 Å². The van der Waals surface area contributed by atoms with E-state index in [1.807, 2.05) is 0 Å². The van der Waals surface area contributed by atoms with Crippen LogP contribution in [0, 0.1) is 5.92 Å². The van der Waals surface area contributed by atoms with Crippen molar-refractivity contribution in [3.63, 3.8) is 0 Å². The largest absolute Gasteiger partial charge is 0.355 e. The quantitative estimate of drug-likeness (QED) is 0.833. The van der Waals surface area contributed by atoms with E-state index >= 15 is 0 Å². The van der Waals surface area contributed by atoms with Crippen molar-refractivity contribution in [2.24, 2.45) is 5.92 Å². The molecule has 1 aromatic rings. The smallest absolute Gasteiger partial charge is 0.151 e. The number of anilines is 1. The summed E-state index contributed by atoms with van der Waals surface area (Å²) in [4.78, 5) is 2.31. The number of nitrogens with zero attached hydrogens (tertiary/aromatic N) is 3. The first-order valence-electron chi connectivity index (χ1n) is 6.08. The van der Waals surface area contributed by atoms with Gasteiger partial charge < -0.3 is 10.2 Å². The highest BCUT2D eigenvalue weighted by atomic mass is 15.3. The topological polar surface area (TPSA) is 41.0 Å². The Morgan fingerprint density at radius 3 is 2.88 bits per heavy atom. The molecular formula is C12H20N4. The van der Waals surface area contributed by atoms with Crippen LogP contribution in [0.5, 0.6) is 0 Å². The second kappa shape index (κ2) is 5.25. The Bertz CT molecular complexity index is 322. The fourth-order valence-corrected chi connectivity index (χ4v) is 2.01. The standard InChI is InChI=1S/C12H20N4/c1-3-13-8-11-4-5-12(15-14-11)16-7-6-10(2)9-16/h4-5,10,13H,3,6-9H2,1-2H3. The van der Waals surface area contributed by atoms with Gasteiger partial charge in [0.1, 0.15) is 0 Å². The van der Waals surface area contributed by atoms with Gasteiger partial charge in [-0.2, -0.15) is 5.10 Å². The molecular weight excluding hydrogens is 200 g/mol. The monoisotopic (exact) mass is 220 g/mol. The van der Waals surface area contributed by atoms with Crippen molar-refractivity contribution in [2.75, 3.05) is 24.5 Å². The fraction of sp³-hybridized carbons (Fsp3) is 0.667. The third kappa shape index (κ3) is 2.70. The van der Waals surface area contributed by atoms with Crippen molar-refractivity contribution in [1.82, 2.24) is 15.5 Å². The van der Waals surface area contributed by atoms with Crippen LogP contribution in [0.15, 0.2) is 12.1 Å². The minimum Gasteiger partial charge on any atom is -0.355 e. The van der Waals surface area contributed by atoms with Crippen LogP contribution in [-0.2, 0) is 6.54 Å². The molecule has 1 N–H and O–H groups in total. The molecule has 1 unspecified atom stereocenters. The van der Waals surface area contributed by atoms with Crippen LogP contribution in [0.2, 0.25) is 0 Å². The average Bonchev–Trinajstić information content (AvgIpc) is 2.74. The molecule has 1 atom stereocenters. The number of aromatic nitrogens is 2. The maximum atomic E-state index is 4.28. The van der Waals surface area contributed by atoms with Crippen LogP contribution in [0.25, 0.3) is 0 Å². The van der Waals surface area contributed by atoms with Gasteiger partial charge >= 0.3 is 0 Å². The van der Waals surface area contributed by atoms with Crippen molar-refractivity contribution >= 4 is 5.82 Å². The summed E-state index contributed by atoms with van der Waals surface area (Å²) in [5.74, 6) is 1.80. The third-order valence-corrected chi connectivity index (χ3v) is 3.01. The Balaban J connectivity index is 1.96. The zero-order chi connectivity index (χ0) is 11.4. The average molecular weight is 220 g/mol. The SMILES string of the molecule is CCNCc1ccc(N2CCC(C)C2)nn1. The lowest BCUT2D eigenvalue weighted by atomic mass is 10.2. The van der Waals surface area contributed by atoms with E-state index in [1.165, 1.54) is 6.42 Å². The Hall–Kier alpha value is -1.16. The predicted octanol–water partition coefficient (Wildman–Crippen LogP) is 1.43. The van der Waals surface area contributed by atoms with Crippen LogP contribution in [0.3, 0.4) is 0 Å². The molecule has 0 spiro atoms. The first kappa shape index (κ1) is 11.3. The highest BCUT2D eigenvalue weighted by molar-refractivity contribution is 5.38. The summed E-state index contributed by atoms with van der Waals surface area (Å²) >= 11 is 0. The Morgan fingerprint density at radius 1 is 1.44 bits per heavy atom. The number of nitrogens with one attached hydrogen (secondary N) is 1. The summed E-state index contributed by atoms with van der Waals surface area (Å²) in [5.41, 5.74) is 1.01. The van der Waals surface area contributed by atoms with E-state index in [0.29, 0.717) is 0 Å². The maximum absolute atomic E-state index is 4.28. The van der Waals surface area contributed by atoms with Crippen molar-refractivity contribution in [2.45, 2.75) is 26.8 Å². The van der Waals surface area contributed by atoms with Gasteiger partial charge in [-0.1, -0.05) is 13.8 Å². The van der Waals surface area contributed by atoms with Crippen molar-refractivity contribution in [3.8, 4) is 0 Å². The molecule has 88 valence electrons. The first-order chi connectivity index (χ1) is 7.79. The molecule has 4 nitrogen and oxygen atoms in total. The lowest BCUT2D eigenvalue weighted by Gasteiger charge is -2.16. The van der Waals surface area contributed by atoms with E-state index < -0.39 is 0 Å². The number of hydrogen-bond donors (Lipinski definition) is 1. The molecule has 2 heterocycles. The zero-order valence-electron chi connectivity index (χ0n) is 10.1. The molecule has 4 heteroatoms. The molecule has 1 aliphatic heterocycles. The first-order valence-corrected chi connectivity index (χ1v) is 6.08. The minimum absolute atomic E-state index is 0.781. The molecule has 0 aliphatic carbocycles. The molecule has 1 saturated heterocycles. The normalized spacial score (nSPS) is 20.4. The Kier molecular flexibility index (Phi) is 3.72. The fourth-order valence-electron chi connectivity index (χ4n) is 2.01. The van der Waals surface area contributed by atoms with Crippen molar-refractivity contribution < 1.29 is 0 Å². The van der Waals surface area contributed by atoms with Crippen LogP contribution in [0.1, 0.15) is 26.0 Å². The zero-order valence-corrected chi connectivity index (χ0v) is 10.1. The lowest BCUT2D eigenvalue weighted by molar-refractivity contribution is 0.657. The summed E-state index contributed by atoms with van der Waals surface area (Å²) in [6.07, 6.45) is 1.26. The van der Waals surface area contributed by atoms with Gasteiger partial charge in [-0.15, -0.1) is 5.10 Å². The summed E-state index contributed by atoms with van der Waals surface area (Å²) < 4.78 is 0. The molecule has 0 radical (unpaired) electrons. The molecule has 16 heavy (non-hydrogen) atoms. The van der Waals surface area contributed by atoms with Crippen molar-refractivity contribution in [3.05, 3.63) is 17.8 Å². The van der Waals surface area contributed by atoms with Gasteiger partial charge in [0, 0.05) is 19.6 Å². The Labute approximate surface area is 97.1 Å². The molecule has 1 aromatic heterocycles. The van der Waals surface area contributed by atoms with E-state index in [0.717, 1.165) is 43.6 Å². The van der Waals surface area contributed by atoms with E-state index in [4.69, 9.17) is 0 Å². The highest BCUT2D eigenvalue weighted by Crippen LogP contribution is 2.20. The van der Waals surface area contributed by atoms with E-state index in [1.54, 1.807) is 0 Å². The molecule has 1 aliphatic rings. The van der Waals surface area contributed by atoms with Gasteiger partial charge in [0.05, 0.1) is 5.69 Å². The molecule has 0 saturated carbocycles. The van der Waals surface area contributed by atoms with Gasteiger partial charge in [-0.3, -0.25) is 0 Å². The van der Waals surface area contributed by atoms with Gasteiger partial charge in [0.25, 0.3) is 0 Å². The van der Waals surface area contributed by atoms with Gasteiger partial charge in [-0.25, -0.2) is 0 Å². The maximum Gasteiger partial charge on any atom is 0.151 e. The molecule has 2 rings (SSSR count). The lowest BCUT2D eigenvalue weighted by Crippen LogP contribution is -2.21. The van der Waals surface area contributed by atoms with Gasteiger partial charge in [0.15, 0.2) is 5.82 Å². The van der Waals surface area contributed by atoms with E-state index in [-0.39, 0.29) is 0 Å². The highest BCUT2D eigenvalue weighted by Gasteiger charge is 2.19. The molecule has 1 fully saturated rings. The third-order valence-electron chi connectivity index (χ3n) is 3.01. The second-order valence-electron chi connectivity index (χ2n) is 4.50. The molecule has 0 amide bonds. The second-order valence-corrected chi connectivity index (χ2v) is 4.50. The van der Waals surface area contributed by atoms with Crippen molar-refractivity contribution in [1.29, 1.82) is 0 Å². The number of rotatable bonds is 4. The van der Waals surface area contributed by atoms with Crippen LogP contribution in [0.4, 0.5) is 5.82 Å². The van der Waals surface area contributed by atoms with E-state index in [2.05, 4.69) is 46.4 Å². The van der Waals surface area contributed by atoms with Gasteiger partial charge in [0.2, 0.25) is 0 Å². The minimum atomic E-state index is 0.781. The predicted molar refractivity (Wildman–Crippen MR) is 65.4 cm³/mol. The summed E-state index contributed by atoms with van der Waals surface area (Å²) in [5, 5.41) is 11.8. The summed E-state index contributed by atoms with van der Waals surface area (Å²) in [6, 6.07) is 4.14. The summed E-state index contributed by atoms with van der Waals surface area (Å²) in [7, 11) is 0. The number of hydrogen-bond acceptors (Lipinski definition) is 4. The molecule has 0 bridgehead atoms.